The highest BCUT2D eigenvalue weighted by Gasteiger charge is 2.30. The number of benzene rings is 1. The van der Waals surface area contributed by atoms with Gasteiger partial charge in [-0.2, -0.15) is 4.31 Å². The van der Waals surface area contributed by atoms with Gasteiger partial charge in [0.25, 0.3) is 0 Å². The first-order chi connectivity index (χ1) is 8.95. The monoisotopic (exact) mass is 282 g/mol. The Morgan fingerprint density at radius 2 is 1.89 bits per heavy atom. The summed E-state index contributed by atoms with van der Waals surface area (Å²) in [6, 6.07) is 6.82. The van der Waals surface area contributed by atoms with Crippen LogP contribution in [0.2, 0.25) is 0 Å². The van der Waals surface area contributed by atoms with Crippen LogP contribution in [0.15, 0.2) is 29.2 Å². The predicted molar refractivity (Wildman–Crippen MR) is 76.2 cm³/mol. The Bertz CT molecular complexity index is 519. The van der Waals surface area contributed by atoms with Crippen molar-refractivity contribution in [1.29, 1.82) is 0 Å². The Morgan fingerprint density at radius 1 is 1.32 bits per heavy atom. The van der Waals surface area contributed by atoms with E-state index in [1.165, 1.54) is 0 Å². The highest BCUT2D eigenvalue weighted by Crippen LogP contribution is 2.31. The lowest BCUT2D eigenvalue weighted by molar-refractivity contribution is 0.412. The van der Waals surface area contributed by atoms with Crippen LogP contribution >= 0.6 is 0 Å². The highest BCUT2D eigenvalue weighted by molar-refractivity contribution is 7.89. The van der Waals surface area contributed by atoms with Crippen LogP contribution in [-0.2, 0) is 10.0 Å². The minimum atomic E-state index is -3.36. The molecule has 0 heterocycles. The van der Waals surface area contributed by atoms with Crippen LogP contribution in [0.25, 0.3) is 0 Å². The van der Waals surface area contributed by atoms with Crippen LogP contribution in [0.4, 0.5) is 0 Å². The van der Waals surface area contributed by atoms with E-state index in [2.05, 4.69) is 0 Å². The molecule has 1 aliphatic carbocycles. The summed E-state index contributed by atoms with van der Waals surface area (Å²) in [5.74, 6) is 0.554. The molecule has 5 heteroatoms. The maximum Gasteiger partial charge on any atom is 0.243 e. The van der Waals surface area contributed by atoms with Gasteiger partial charge in [0, 0.05) is 19.1 Å². The standard InChI is InChI=1S/C14H22N2O2S/c1-3-16(10-12-4-5-12)19(17,18)14-8-6-13(7-9-14)11(2)15/h6-9,11-12H,3-5,10,15H2,1-2H3. The first-order valence-corrected chi connectivity index (χ1v) is 8.25. The fourth-order valence-corrected chi connectivity index (χ4v) is 3.60. The molecule has 2 N–H and O–H groups in total. The van der Waals surface area contributed by atoms with Gasteiger partial charge in [-0.05, 0) is 43.4 Å². The largest absolute Gasteiger partial charge is 0.324 e. The van der Waals surface area contributed by atoms with Gasteiger partial charge in [0.1, 0.15) is 0 Å². The average molecular weight is 282 g/mol. The van der Waals surface area contributed by atoms with Crippen LogP contribution in [0.3, 0.4) is 0 Å². The smallest absolute Gasteiger partial charge is 0.243 e. The molecule has 2 rings (SSSR count). The zero-order valence-electron chi connectivity index (χ0n) is 11.5. The first-order valence-electron chi connectivity index (χ1n) is 6.81. The molecule has 0 aliphatic heterocycles. The molecule has 1 unspecified atom stereocenters. The topological polar surface area (TPSA) is 63.4 Å². The zero-order chi connectivity index (χ0) is 14.0. The van der Waals surface area contributed by atoms with Gasteiger partial charge in [-0.1, -0.05) is 19.1 Å². The Balaban J connectivity index is 2.21. The Kier molecular flexibility index (Phi) is 4.28. The molecular formula is C14H22N2O2S. The third kappa shape index (κ3) is 3.35. The maximum absolute atomic E-state index is 12.5. The number of nitrogens with zero attached hydrogens (tertiary/aromatic N) is 1. The highest BCUT2D eigenvalue weighted by atomic mass is 32.2. The van der Waals surface area contributed by atoms with Gasteiger partial charge in [-0.25, -0.2) is 8.42 Å². The lowest BCUT2D eigenvalue weighted by atomic mass is 10.1. The van der Waals surface area contributed by atoms with E-state index in [-0.39, 0.29) is 6.04 Å². The SMILES string of the molecule is CCN(CC1CC1)S(=O)(=O)c1ccc(C(C)N)cc1. The van der Waals surface area contributed by atoms with Crippen molar-refractivity contribution in [2.45, 2.75) is 37.6 Å². The van der Waals surface area contributed by atoms with Gasteiger partial charge in [-0.3, -0.25) is 0 Å². The molecule has 19 heavy (non-hydrogen) atoms. The second-order valence-electron chi connectivity index (χ2n) is 5.26. The van der Waals surface area contributed by atoms with E-state index < -0.39 is 10.0 Å². The molecule has 0 radical (unpaired) electrons. The van der Waals surface area contributed by atoms with Gasteiger partial charge in [0.2, 0.25) is 10.0 Å². The normalized spacial score (nSPS) is 17.7. The average Bonchev–Trinajstić information content (AvgIpc) is 3.19. The second-order valence-corrected chi connectivity index (χ2v) is 7.19. The molecule has 1 saturated carbocycles. The number of nitrogens with two attached hydrogens (primary N) is 1. The van der Waals surface area contributed by atoms with Crippen molar-refractivity contribution in [3.63, 3.8) is 0 Å². The van der Waals surface area contributed by atoms with E-state index in [1.807, 2.05) is 13.8 Å². The van der Waals surface area contributed by atoms with Crippen LogP contribution < -0.4 is 5.73 Å². The second kappa shape index (κ2) is 5.61. The molecule has 4 nitrogen and oxygen atoms in total. The lowest BCUT2D eigenvalue weighted by Gasteiger charge is -2.20. The quantitative estimate of drug-likeness (QED) is 0.869. The van der Waals surface area contributed by atoms with Crippen molar-refractivity contribution in [3.05, 3.63) is 29.8 Å². The van der Waals surface area contributed by atoms with E-state index in [0.717, 1.165) is 18.4 Å². The van der Waals surface area contributed by atoms with Gasteiger partial charge in [-0.15, -0.1) is 0 Å². The van der Waals surface area contributed by atoms with E-state index in [4.69, 9.17) is 5.73 Å². The van der Waals surface area contributed by atoms with E-state index in [9.17, 15) is 8.42 Å². The van der Waals surface area contributed by atoms with Gasteiger partial charge < -0.3 is 5.73 Å². The zero-order valence-corrected chi connectivity index (χ0v) is 12.4. The van der Waals surface area contributed by atoms with Gasteiger partial charge in [0.05, 0.1) is 4.90 Å². The Labute approximate surface area is 115 Å². The fourth-order valence-electron chi connectivity index (χ4n) is 2.08. The minimum Gasteiger partial charge on any atom is -0.324 e. The molecule has 1 aliphatic rings. The molecule has 0 amide bonds. The summed E-state index contributed by atoms with van der Waals surface area (Å²) in [5, 5.41) is 0. The third-order valence-electron chi connectivity index (χ3n) is 3.56. The maximum atomic E-state index is 12.5. The van der Waals surface area contributed by atoms with Crippen molar-refractivity contribution in [3.8, 4) is 0 Å². The Hall–Kier alpha value is -0.910. The van der Waals surface area contributed by atoms with Crippen LogP contribution in [0, 0.1) is 5.92 Å². The molecule has 106 valence electrons. The molecule has 1 fully saturated rings. The summed E-state index contributed by atoms with van der Waals surface area (Å²) in [7, 11) is -3.36. The number of hydrogen-bond donors (Lipinski definition) is 1. The van der Waals surface area contributed by atoms with Gasteiger partial charge in [0.15, 0.2) is 0 Å². The van der Waals surface area contributed by atoms with Crippen molar-refractivity contribution in [1.82, 2.24) is 4.31 Å². The van der Waals surface area contributed by atoms with E-state index >= 15 is 0 Å². The van der Waals surface area contributed by atoms with Gasteiger partial charge >= 0.3 is 0 Å². The number of hydrogen-bond acceptors (Lipinski definition) is 3. The molecule has 0 bridgehead atoms. The molecule has 0 saturated heterocycles. The summed E-state index contributed by atoms with van der Waals surface area (Å²) in [4.78, 5) is 0.361. The van der Waals surface area contributed by atoms with Crippen LogP contribution in [0.1, 0.15) is 38.3 Å². The number of sulfonamides is 1. The first kappa shape index (κ1) is 14.5. The summed E-state index contributed by atoms with van der Waals surface area (Å²) < 4.78 is 26.6. The van der Waals surface area contributed by atoms with Crippen molar-refractivity contribution in [2.24, 2.45) is 11.7 Å². The predicted octanol–water partition coefficient (Wildman–Crippen LogP) is 2.13. The van der Waals surface area contributed by atoms with E-state index in [1.54, 1.807) is 28.6 Å². The van der Waals surface area contributed by atoms with Crippen molar-refractivity contribution >= 4 is 10.0 Å². The minimum absolute atomic E-state index is 0.0782. The summed E-state index contributed by atoms with van der Waals surface area (Å²) in [5.41, 5.74) is 6.72. The summed E-state index contributed by atoms with van der Waals surface area (Å²) >= 11 is 0. The molecule has 1 atom stereocenters. The molecule has 0 spiro atoms. The van der Waals surface area contributed by atoms with Crippen molar-refractivity contribution in [2.75, 3.05) is 13.1 Å². The van der Waals surface area contributed by atoms with Crippen molar-refractivity contribution < 1.29 is 8.42 Å². The van der Waals surface area contributed by atoms with Crippen LogP contribution in [0.5, 0.6) is 0 Å². The summed E-state index contributed by atoms with van der Waals surface area (Å²) in [6.07, 6.45) is 2.30. The Morgan fingerprint density at radius 3 is 2.32 bits per heavy atom. The summed E-state index contributed by atoms with van der Waals surface area (Å²) in [6.45, 7) is 4.94. The third-order valence-corrected chi connectivity index (χ3v) is 5.51. The van der Waals surface area contributed by atoms with E-state index in [0.29, 0.717) is 23.9 Å². The molecule has 0 aromatic heterocycles. The lowest BCUT2D eigenvalue weighted by Crippen LogP contribution is -2.32. The number of rotatable bonds is 6. The molecule has 1 aromatic carbocycles. The molecular weight excluding hydrogens is 260 g/mol. The fraction of sp³-hybridized carbons (Fsp3) is 0.571. The molecule has 1 aromatic rings. The van der Waals surface area contributed by atoms with Crippen LogP contribution in [-0.4, -0.2) is 25.8 Å².